The Bertz CT molecular complexity index is 716. The maximum Gasteiger partial charge on any atom is 0.315 e. The molecular formula is C22H30ClN3O2. The lowest BCUT2D eigenvalue weighted by atomic mass is 9.53. The molecule has 152 valence electrons. The van der Waals surface area contributed by atoms with E-state index in [1.165, 1.54) is 19.3 Å². The van der Waals surface area contributed by atoms with Crippen LogP contribution in [0.2, 0.25) is 5.02 Å². The van der Waals surface area contributed by atoms with Gasteiger partial charge in [-0.2, -0.15) is 0 Å². The smallest absolute Gasteiger partial charge is 0.315 e. The van der Waals surface area contributed by atoms with Gasteiger partial charge in [0, 0.05) is 37.1 Å². The average Bonchev–Trinajstić information content (AvgIpc) is 2.59. The summed E-state index contributed by atoms with van der Waals surface area (Å²) in [5, 5.41) is 6.85. The highest BCUT2D eigenvalue weighted by molar-refractivity contribution is 6.30. The third kappa shape index (κ3) is 4.45. The van der Waals surface area contributed by atoms with E-state index < -0.39 is 0 Å². The van der Waals surface area contributed by atoms with Crippen LogP contribution in [0.25, 0.3) is 0 Å². The van der Waals surface area contributed by atoms with Crippen molar-refractivity contribution in [3.63, 3.8) is 0 Å². The number of halogens is 1. The van der Waals surface area contributed by atoms with Gasteiger partial charge in [-0.3, -0.25) is 4.79 Å². The summed E-state index contributed by atoms with van der Waals surface area (Å²) in [6, 6.07) is 7.40. The first-order valence-corrected chi connectivity index (χ1v) is 10.8. The van der Waals surface area contributed by atoms with E-state index in [1.54, 1.807) is 11.9 Å². The van der Waals surface area contributed by atoms with Crippen molar-refractivity contribution in [2.75, 3.05) is 13.6 Å². The van der Waals surface area contributed by atoms with Crippen molar-refractivity contribution < 1.29 is 9.59 Å². The van der Waals surface area contributed by atoms with Gasteiger partial charge in [0.1, 0.15) is 0 Å². The predicted octanol–water partition coefficient (Wildman–Crippen LogP) is 3.96. The molecule has 6 heteroatoms. The third-order valence-corrected chi connectivity index (χ3v) is 7.01. The van der Waals surface area contributed by atoms with E-state index >= 15 is 0 Å². The van der Waals surface area contributed by atoms with Crippen molar-refractivity contribution in [1.29, 1.82) is 0 Å². The Kier molecular flexibility index (Phi) is 5.55. The summed E-state index contributed by atoms with van der Waals surface area (Å²) in [4.78, 5) is 26.5. The molecule has 4 aliphatic carbocycles. The zero-order valence-electron chi connectivity index (χ0n) is 16.5. The molecule has 28 heavy (non-hydrogen) atoms. The second-order valence-electron chi connectivity index (χ2n) is 9.21. The molecule has 4 bridgehead atoms. The van der Waals surface area contributed by atoms with Crippen LogP contribution in [0.15, 0.2) is 24.3 Å². The number of carbonyl (C=O) groups is 2. The molecule has 0 spiro atoms. The van der Waals surface area contributed by atoms with E-state index in [1.807, 2.05) is 24.3 Å². The molecule has 4 fully saturated rings. The van der Waals surface area contributed by atoms with Gasteiger partial charge >= 0.3 is 6.03 Å². The van der Waals surface area contributed by atoms with Crippen LogP contribution in [0.5, 0.6) is 0 Å². The SMILES string of the molecule is CN(Cc1cccc(Cl)c1)C(=O)CCNC(=O)NC12CC3CC(CC(C3)C1)C2. The molecule has 0 heterocycles. The lowest BCUT2D eigenvalue weighted by Crippen LogP contribution is -2.61. The zero-order valence-corrected chi connectivity index (χ0v) is 17.3. The Morgan fingerprint density at radius 2 is 1.79 bits per heavy atom. The van der Waals surface area contributed by atoms with Crippen molar-refractivity contribution in [2.24, 2.45) is 17.8 Å². The predicted molar refractivity (Wildman–Crippen MR) is 110 cm³/mol. The Hall–Kier alpha value is -1.75. The normalized spacial score (nSPS) is 30.1. The topological polar surface area (TPSA) is 61.4 Å². The van der Waals surface area contributed by atoms with Crippen LogP contribution in [0.4, 0.5) is 4.79 Å². The molecule has 0 unspecified atom stereocenters. The van der Waals surface area contributed by atoms with Crippen molar-refractivity contribution >= 4 is 23.5 Å². The second-order valence-corrected chi connectivity index (χ2v) is 9.64. The first kappa shape index (κ1) is 19.6. The highest BCUT2D eigenvalue weighted by atomic mass is 35.5. The number of amides is 3. The Labute approximate surface area is 172 Å². The van der Waals surface area contributed by atoms with Gasteiger partial charge in [0.25, 0.3) is 0 Å². The molecule has 2 N–H and O–H groups in total. The van der Waals surface area contributed by atoms with Crippen LogP contribution in [0.3, 0.4) is 0 Å². The molecular weight excluding hydrogens is 374 g/mol. The highest BCUT2D eigenvalue weighted by Gasteiger charge is 2.51. The molecule has 3 amide bonds. The second kappa shape index (κ2) is 7.94. The van der Waals surface area contributed by atoms with Crippen LogP contribution in [0.1, 0.15) is 50.5 Å². The van der Waals surface area contributed by atoms with E-state index in [4.69, 9.17) is 11.6 Å². The molecule has 4 saturated carbocycles. The Morgan fingerprint density at radius 3 is 2.39 bits per heavy atom. The number of urea groups is 1. The number of benzene rings is 1. The molecule has 0 aliphatic heterocycles. The first-order chi connectivity index (χ1) is 13.4. The van der Waals surface area contributed by atoms with Crippen molar-refractivity contribution in [2.45, 2.75) is 57.0 Å². The van der Waals surface area contributed by atoms with Gasteiger partial charge in [-0.15, -0.1) is 0 Å². The number of hydrogen-bond acceptors (Lipinski definition) is 2. The van der Waals surface area contributed by atoms with Crippen LogP contribution < -0.4 is 10.6 Å². The lowest BCUT2D eigenvalue weighted by Gasteiger charge is -2.56. The van der Waals surface area contributed by atoms with Gasteiger partial charge in [-0.05, 0) is 74.0 Å². The Balaban J connectivity index is 1.20. The number of nitrogens with one attached hydrogen (secondary N) is 2. The summed E-state index contributed by atoms with van der Waals surface area (Å²) in [6.07, 6.45) is 7.77. The summed E-state index contributed by atoms with van der Waals surface area (Å²) >= 11 is 6.00. The number of rotatable bonds is 6. The van der Waals surface area contributed by atoms with Gasteiger partial charge in [0.15, 0.2) is 0 Å². The standard InChI is InChI=1S/C22H30ClN3O2/c1-26(14-15-3-2-4-19(23)10-15)20(27)5-6-24-21(28)25-22-11-16-7-17(12-22)9-18(8-16)13-22/h2-4,10,16-18H,5-9,11-14H2,1H3,(H2,24,25,28). The molecule has 5 rings (SSSR count). The fraction of sp³-hybridized carbons (Fsp3) is 0.636. The maximum atomic E-state index is 12.4. The minimum atomic E-state index is -0.118. The van der Waals surface area contributed by atoms with Crippen LogP contribution in [0, 0.1) is 17.8 Å². The number of nitrogens with zero attached hydrogens (tertiary/aromatic N) is 1. The number of carbonyl (C=O) groups excluding carboxylic acids is 2. The molecule has 1 aromatic rings. The fourth-order valence-corrected chi connectivity index (χ4v) is 6.23. The fourth-order valence-electron chi connectivity index (χ4n) is 6.02. The number of hydrogen-bond donors (Lipinski definition) is 2. The third-order valence-electron chi connectivity index (χ3n) is 6.78. The van der Waals surface area contributed by atoms with Crippen molar-refractivity contribution in [1.82, 2.24) is 15.5 Å². The molecule has 1 aromatic carbocycles. The molecule has 0 aromatic heterocycles. The van der Waals surface area contributed by atoms with Gasteiger partial charge in [-0.1, -0.05) is 23.7 Å². The highest BCUT2D eigenvalue weighted by Crippen LogP contribution is 2.55. The molecule has 0 saturated heterocycles. The van der Waals surface area contributed by atoms with Crippen molar-refractivity contribution in [3.05, 3.63) is 34.9 Å². The van der Waals surface area contributed by atoms with E-state index in [0.717, 1.165) is 42.6 Å². The monoisotopic (exact) mass is 403 g/mol. The van der Waals surface area contributed by atoms with E-state index in [9.17, 15) is 9.59 Å². The van der Waals surface area contributed by atoms with E-state index in [0.29, 0.717) is 24.5 Å². The van der Waals surface area contributed by atoms with Crippen LogP contribution >= 0.6 is 11.6 Å². The minimum Gasteiger partial charge on any atom is -0.341 e. The first-order valence-electron chi connectivity index (χ1n) is 10.5. The largest absolute Gasteiger partial charge is 0.341 e. The maximum absolute atomic E-state index is 12.4. The van der Waals surface area contributed by atoms with Gasteiger partial charge in [-0.25, -0.2) is 4.79 Å². The molecule has 5 nitrogen and oxygen atoms in total. The summed E-state index contributed by atoms with van der Waals surface area (Å²) < 4.78 is 0. The van der Waals surface area contributed by atoms with Crippen LogP contribution in [-0.2, 0) is 11.3 Å². The van der Waals surface area contributed by atoms with Gasteiger partial charge < -0.3 is 15.5 Å². The van der Waals surface area contributed by atoms with Gasteiger partial charge in [0.05, 0.1) is 0 Å². The summed E-state index contributed by atoms with van der Waals surface area (Å²) in [5.41, 5.74) is 1.00. The molecule has 4 aliphatic rings. The molecule has 0 radical (unpaired) electrons. The average molecular weight is 404 g/mol. The van der Waals surface area contributed by atoms with E-state index in [-0.39, 0.29) is 17.5 Å². The summed E-state index contributed by atoms with van der Waals surface area (Å²) in [5.74, 6) is 2.41. The molecule has 0 atom stereocenters. The zero-order chi connectivity index (χ0) is 19.7. The van der Waals surface area contributed by atoms with Crippen molar-refractivity contribution in [3.8, 4) is 0 Å². The Morgan fingerprint density at radius 1 is 1.14 bits per heavy atom. The summed E-state index contributed by atoms with van der Waals surface area (Å²) in [6.45, 7) is 0.871. The lowest BCUT2D eigenvalue weighted by molar-refractivity contribution is -0.130. The van der Waals surface area contributed by atoms with Crippen LogP contribution in [-0.4, -0.2) is 36.0 Å². The quantitative estimate of drug-likeness (QED) is 0.755. The minimum absolute atomic E-state index is 0.00616. The summed E-state index contributed by atoms with van der Waals surface area (Å²) in [7, 11) is 1.78. The van der Waals surface area contributed by atoms with Gasteiger partial charge in [0.2, 0.25) is 5.91 Å². The van der Waals surface area contributed by atoms with E-state index in [2.05, 4.69) is 10.6 Å².